The summed E-state index contributed by atoms with van der Waals surface area (Å²) in [6.07, 6.45) is 1.12. The van der Waals surface area contributed by atoms with Crippen molar-refractivity contribution in [1.82, 2.24) is 0 Å². The smallest absolute Gasteiger partial charge is 0.226 e. The van der Waals surface area contributed by atoms with E-state index in [1.807, 2.05) is 13.8 Å². The van der Waals surface area contributed by atoms with Crippen LogP contribution in [0, 0.1) is 11.7 Å². The van der Waals surface area contributed by atoms with E-state index in [9.17, 15) is 0 Å². The zero-order valence-corrected chi connectivity index (χ0v) is 5.27. The van der Waals surface area contributed by atoms with Crippen molar-refractivity contribution in [1.29, 1.82) is 0 Å². The van der Waals surface area contributed by atoms with Gasteiger partial charge in [0, 0.05) is 5.41 Å². The van der Waals surface area contributed by atoms with Gasteiger partial charge in [0.05, 0.1) is 6.61 Å². The molecule has 0 unspecified atom stereocenters. The lowest BCUT2D eigenvalue weighted by atomic mass is 9.91. The van der Waals surface area contributed by atoms with Gasteiger partial charge in [0.1, 0.15) is 0 Å². The van der Waals surface area contributed by atoms with Gasteiger partial charge in [-0.2, -0.15) is 0 Å². The minimum atomic E-state index is -0.0972. The first-order chi connectivity index (χ1) is 3.63. The summed E-state index contributed by atoms with van der Waals surface area (Å²) in [6.45, 7) is 4.60. The number of ether oxygens (including phenoxy) is 1. The van der Waals surface area contributed by atoms with Crippen LogP contribution in [0.2, 0.25) is 0 Å². The van der Waals surface area contributed by atoms with Gasteiger partial charge in [0.2, 0.25) is 6.29 Å². The molecule has 0 saturated carbocycles. The van der Waals surface area contributed by atoms with Crippen LogP contribution in [0.3, 0.4) is 0 Å². The summed E-state index contributed by atoms with van der Waals surface area (Å²) >= 11 is 0. The van der Waals surface area contributed by atoms with Crippen molar-refractivity contribution in [3.63, 3.8) is 0 Å². The second-order valence-electron chi connectivity index (χ2n) is 2.79. The van der Waals surface area contributed by atoms with Crippen LogP contribution in [0.15, 0.2) is 0 Å². The Bertz CT molecular complexity index is 88.5. The van der Waals surface area contributed by atoms with Crippen molar-refractivity contribution in [3.05, 3.63) is 6.29 Å². The van der Waals surface area contributed by atoms with Crippen molar-refractivity contribution in [2.24, 2.45) is 5.41 Å². The van der Waals surface area contributed by atoms with Crippen molar-refractivity contribution >= 4 is 0 Å². The summed E-state index contributed by atoms with van der Waals surface area (Å²) in [5, 5.41) is 8.95. The first-order valence-corrected chi connectivity index (χ1v) is 2.82. The number of aliphatic hydroxyl groups excluding tert-OH is 1. The minimum absolute atomic E-state index is 0.0972. The van der Waals surface area contributed by atoms with Crippen LogP contribution < -0.4 is 0 Å². The summed E-state index contributed by atoms with van der Waals surface area (Å²) in [4.78, 5) is 0. The lowest BCUT2D eigenvalue weighted by molar-refractivity contribution is 0.00539. The molecule has 0 aromatic rings. The summed E-state index contributed by atoms with van der Waals surface area (Å²) in [6, 6.07) is 0. The highest BCUT2D eigenvalue weighted by Gasteiger charge is 2.35. The molecular formula is C6H11O2. The van der Waals surface area contributed by atoms with Gasteiger partial charge in [-0.05, 0) is 6.42 Å². The molecule has 0 aliphatic carbocycles. The fourth-order valence-corrected chi connectivity index (χ4v) is 0.705. The third kappa shape index (κ3) is 0.858. The Balaban J connectivity index is 2.54. The molecule has 0 atom stereocenters. The zero-order valence-electron chi connectivity index (χ0n) is 5.27. The van der Waals surface area contributed by atoms with Crippen LogP contribution in [-0.2, 0) is 4.74 Å². The predicted octanol–water partition coefficient (Wildman–Crippen LogP) is 1.29. The lowest BCUT2D eigenvalue weighted by Gasteiger charge is -2.16. The highest BCUT2D eigenvalue weighted by Crippen LogP contribution is 2.36. The average molecular weight is 115 g/mol. The van der Waals surface area contributed by atoms with Crippen molar-refractivity contribution in [2.45, 2.75) is 20.3 Å². The Morgan fingerprint density at radius 3 is 2.38 bits per heavy atom. The first-order valence-electron chi connectivity index (χ1n) is 2.82. The van der Waals surface area contributed by atoms with E-state index >= 15 is 0 Å². The van der Waals surface area contributed by atoms with Crippen molar-refractivity contribution < 1.29 is 9.84 Å². The van der Waals surface area contributed by atoms with Crippen LogP contribution in [0.5, 0.6) is 0 Å². The molecule has 1 radical (unpaired) electrons. The second-order valence-corrected chi connectivity index (χ2v) is 2.79. The quantitative estimate of drug-likeness (QED) is 0.515. The molecule has 0 aromatic heterocycles. The third-order valence-electron chi connectivity index (χ3n) is 1.54. The van der Waals surface area contributed by atoms with E-state index in [0.717, 1.165) is 6.42 Å². The molecule has 47 valence electrons. The number of hydrogen-bond donors (Lipinski definition) is 1. The van der Waals surface area contributed by atoms with E-state index in [1.54, 1.807) is 0 Å². The van der Waals surface area contributed by atoms with E-state index in [-0.39, 0.29) is 11.7 Å². The van der Waals surface area contributed by atoms with Crippen LogP contribution in [0.1, 0.15) is 20.3 Å². The third-order valence-corrected chi connectivity index (χ3v) is 1.54. The fraction of sp³-hybridized carbons (Fsp3) is 0.833. The SMILES string of the molecule is CC1(C)CCO[C]1O. The summed E-state index contributed by atoms with van der Waals surface area (Å²) in [7, 11) is 0. The fourth-order valence-electron chi connectivity index (χ4n) is 0.705. The van der Waals surface area contributed by atoms with Gasteiger partial charge in [0.15, 0.2) is 0 Å². The Kier molecular flexibility index (Phi) is 1.29. The van der Waals surface area contributed by atoms with E-state index in [2.05, 4.69) is 0 Å². The number of aliphatic hydroxyl groups is 1. The van der Waals surface area contributed by atoms with Gasteiger partial charge in [-0.1, -0.05) is 13.8 Å². The van der Waals surface area contributed by atoms with E-state index in [0.29, 0.717) is 6.61 Å². The molecule has 0 amide bonds. The van der Waals surface area contributed by atoms with Gasteiger partial charge < -0.3 is 9.84 Å². The molecule has 0 aromatic carbocycles. The molecular weight excluding hydrogens is 104 g/mol. The van der Waals surface area contributed by atoms with Crippen molar-refractivity contribution in [3.8, 4) is 0 Å². The highest BCUT2D eigenvalue weighted by atomic mass is 16.6. The molecule has 1 fully saturated rings. The summed E-state index contributed by atoms with van der Waals surface area (Å²) in [5.41, 5.74) is -0.0972. The van der Waals surface area contributed by atoms with E-state index in [4.69, 9.17) is 9.84 Å². The molecule has 2 heteroatoms. The molecule has 1 saturated heterocycles. The van der Waals surface area contributed by atoms with Gasteiger partial charge >= 0.3 is 0 Å². The Hall–Kier alpha value is -0.0800. The molecule has 1 heterocycles. The van der Waals surface area contributed by atoms with Gasteiger partial charge in [-0.3, -0.25) is 0 Å². The second kappa shape index (κ2) is 1.71. The van der Waals surface area contributed by atoms with Crippen LogP contribution in [-0.4, -0.2) is 11.7 Å². The maximum absolute atomic E-state index is 8.95. The molecule has 0 bridgehead atoms. The molecule has 1 aliphatic rings. The standard InChI is InChI=1S/C6H11O2/c1-6(2)3-4-8-5(6)7/h7H,3-4H2,1-2H3. The molecule has 2 nitrogen and oxygen atoms in total. The normalized spacial score (nSPS) is 28.9. The molecule has 1 aliphatic heterocycles. The highest BCUT2D eigenvalue weighted by molar-refractivity contribution is 4.89. The maximum atomic E-state index is 8.95. The molecule has 1 N–H and O–H groups in total. The van der Waals surface area contributed by atoms with Gasteiger partial charge in [0.25, 0.3) is 0 Å². The summed E-state index contributed by atoms with van der Waals surface area (Å²) in [5.74, 6) is 0. The van der Waals surface area contributed by atoms with E-state index in [1.165, 1.54) is 0 Å². The minimum Gasteiger partial charge on any atom is -0.361 e. The van der Waals surface area contributed by atoms with Gasteiger partial charge in [-0.25, -0.2) is 0 Å². The number of hydrogen-bond acceptors (Lipinski definition) is 2. The maximum Gasteiger partial charge on any atom is 0.226 e. The van der Waals surface area contributed by atoms with Crippen LogP contribution in [0.25, 0.3) is 0 Å². The molecule has 1 rings (SSSR count). The Morgan fingerprint density at radius 2 is 2.25 bits per heavy atom. The predicted molar refractivity (Wildman–Crippen MR) is 29.5 cm³/mol. The molecule has 8 heavy (non-hydrogen) atoms. The monoisotopic (exact) mass is 115 g/mol. The topological polar surface area (TPSA) is 29.5 Å². The Morgan fingerprint density at radius 1 is 1.62 bits per heavy atom. The zero-order chi connectivity index (χ0) is 6.20. The van der Waals surface area contributed by atoms with Crippen molar-refractivity contribution in [2.75, 3.05) is 6.61 Å². The molecule has 0 spiro atoms. The van der Waals surface area contributed by atoms with Gasteiger partial charge in [-0.15, -0.1) is 0 Å². The average Bonchev–Trinajstić information content (AvgIpc) is 1.86. The first kappa shape index (κ1) is 6.05. The Labute approximate surface area is 49.5 Å². The van der Waals surface area contributed by atoms with Crippen LogP contribution in [0.4, 0.5) is 0 Å². The lowest BCUT2D eigenvalue weighted by Crippen LogP contribution is -2.14. The largest absolute Gasteiger partial charge is 0.361 e. The van der Waals surface area contributed by atoms with E-state index < -0.39 is 0 Å². The van der Waals surface area contributed by atoms with Crippen LogP contribution >= 0.6 is 0 Å². The summed E-state index contributed by atoms with van der Waals surface area (Å²) < 4.78 is 4.84. The number of rotatable bonds is 0.